The Labute approximate surface area is 303 Å². The lowest BCUT2D eigenvalue weighted by Crippen LogP contribution is -2.26. The molecule has 3 aromatic rings. The van der Waals surface area contributed by atoms with Gasteiger partial charge in [0.25, 0.3) is 0 Å². The number of benzene rings is 3. The van der Waals surface area contributed by atoms with E-state index in [2.05, 4.69) is 0 Å². The second-order valence-electron chi connectivity index (χ2n) is 14.0. The minimum absolute atomic E-state index is 0.219. The van der Waals surface area contributed by atoms with Crippen LogP contribution in [0.25, 0.3) is 0 Å². The van der Waals surface area contributed by atoms with Gasteiger partial charge >= 0.3 is 18.5 Å². The van der Waals surface area contributed by atoms with E-state index in [9.17, 15) is 27.4 Å². The first kappa shape index (κ1) is 42.9. The van der Waals surface area contributed by atoms with Crippen LogP contribution in [0.3, 0.4) is 0 Å². The van der Waals surface area contributed by atoms with Crippen LogP contribution in [0.4, 0.5) is 14.4 Å². The summed E-state index contributed by atoms with van der Waals surface area (Å²) >= 11 is 0. The molecule has 12 nitrogen and oxygen atoms in total. The van der Waals surface area contributed by atoms with Crippen LogP contribution in [-0.4, -0.2) is 54.0 Å². The molecule has 51 heavy (non-hydrogen) atoms. The van der Waals surface area contributed by atoms with Crippen molar-refractivity contribution in [2.75, 3.05) is 5.75 Å². The zero-order valence-electron chi connectivity index (χ0n) is 30.8. The largest absolute Gasteiger partial charge is 0.748 e. The first-order chi connectivity index (χ1) is 23.4. The molecule has 0 fully saturated rings. The van der Waals surface area contributed by atoms with Gasteiger partial charge in [0.05, 0.1) is 21.0 Å². The maximum atomic E-state index is 12.1. The molecule has 0 aliphatic carbocycles. The highest BCUT2D eigenvalue weighted by atomic mass is 32.2. The Morgan fingerprint density at radius 1 is 0.549 bits per heavy atom. The minimum Gasteiger partial charge on any atom is -0.748 e. The zero-order valence-corrected chi connectivity index (χ0v) is 32.4. The van der Waals surface area contributed by atoms with Crippen molar-refractivity contribution in [1.82, 2.24) is 0 Å². The topological polar surface area (TPSA) is 164 Å². The Bertz CT molecular complexity index is 1510. The molecule has 0 saturated carbocycles. The highest BCUT2D eigenvalue weighted by Gasteiger charge is 2.30. The number of hydrogen-bond donors (Lipinski definition) is 0. The molecule has 0 aliphatic heterocycles. The summed E-state index contributed by atoms with van der Waals surface area (Å²) in [4.78, 5) is 39.1. The van der Waals surface area contributed by atoms with Crippen molar-refractivity contribution >= 4 is 39.5 Å². The molecule has 0 bridgehead atoms. The van der Waals surface area contributed by atoms with Gasteiger partial charge in [-0.1, -0.05) is 13.3 Å². The molecule has 0 atom stereocenters. The van der Waals surface area contributed by atoms with Crippen molar-refractivity contribution in [3.05, 3.63) is 72.8 Å². The third-order valence-corrected chi connectivity index (χ3v) is 8.72. The Kier molecular flexibility index (Phi) is 15.4. The van der Waals surface area contributed by atoms with Gasteiger partial charge in [-0.05, 0) is 142 Å². The summed E-state index contributed by atoms with van der Waals surface area (Å²) in [6.45, 7) is 17.7. The van der Waals surface area contributed by atoms with E-state index in [1.807, 2.05) is 43.3 Å². The summed E-state index contributed by atoms with van der Waals surface area (Å²) in [5.41, 5.74) is -2.04. The Morgan fingerprint density at radius 2 is 0.804 bits per heavy atom. The van der Waals surface area contributed by atoms with E-state index in [0.29, 0.717) is 23.7 Å². The van der Waals surface area contributed by atoms with Crippen molar-refractivity contribution in [3.8, 4) is 17.2 Å². The Hall–Kier alpha value is -4.27. The van der Waals surface area contributed by atoms with Gasteiger partial charge < -0.3 is 33.0 Å². The second kappa shape index (κ2) is 18.3. The predicted molar refractivity (Wildman–Crippen MR) is 192 cm³/mol. The SMILES string of the molecule is CC(C)(C)OC(=O)Oc1ccc([S+](c2ccc(OC(=O)OC(C)(C)C)cc2)c2ccc(OC(=O)OC(C)(C)C)cc2)cc1.CCCCS(=O)(=O)[O-]. The maximum Gasteiger partial charge on any atom is 0.514 e. The molecule has 0 spiro atoms. The summed E-state index contributed by atoms with van der Waals surface area (Å²) in [5, 5.41) is 0. The smallest absolute Gasteiger partial charge is 0.514 e. The van der Waals surface area contributed by atoms with E-state index in [0.717, 1.165) is 21.1 Å². The molecule has 0 amide bonds. The quantitative estimate of drug-likeness (QED) is 0.0671. The summed E-state index contributed by atoms with van der Waals surface area (Å²) < 4.78 is 61.2. The molecule has 0 aliphatic rings. The van der Waals surface area contributed by atoms with Crippen LogP contribution in [0.2, 0.25) is 0 Å². The molecular weight excluding hydrogens is 701 g/mol. The van der Waals surface area contributed by atoms with E-state index in [4.69, 9.17) is 28.4 Å². The van der Waals surface area contributed by atoms with E-state index < -0.39 is 56.3 Å². The molecule has 3 rings (SSSR count). The van der Waals surface area contributed by atoms with E-state index in [-0.39, 0.29) is 5.75 Å². The van der Waals surface area contributed by atoms with Gasteiger partial charge in [0.15, 0.2) is 14.7 Å². The van der Waals surface area contributed by atoms with Crippen LogP contribution in [-0.2, 0) is 35.2 Å². The average Bonchev–Trinajstić information content (AvgIpc) is 2.96. The first-order valence-corrected chi connectivity index (χ1v) is 18.9. The van der Waals surface area contributed by atoms with Crippen molar-refractivity contribution in [1.29, 1.82) is 0 Å². The van der Waals surface area contributed by atoms with Crippen molar-refractivity contribution in [2.45, 2.75) is 114 Å². The number of hydrogen-bond acceptors (Lipinski definition) is 12. The highest BCUT2D eigenvalue weighted by Crippen LogP contribution is 2.34. The molecule has 0 aromatic heterocycles. The molecular formula is C37H48O12S2. The fraction of sp³-hybridized carbons (Fsp3) is 0.432. The van der Waals surface area contributed by atoms with Crippen LogP contribution < -0.4 is 14.2 Å². The molecule has 14 heteroatoms. The molecule has 0 radical (unpaired) electrons. The van der Waals surface area contributed by atoms with Gasteiger partial charge in [0.2, 0.25) is 0 Å². The normalized spacial score (nSPS) is 11.8. The molecule has 3 aromatic carbocycles. The lowest BCUT2D eigenvalue weighted by molar-refractivity contribution is 0.0193. The third-order valence-electron chi connectivity index (χ3n) is 5.70. The number of carbonyl (C=O) groups excluding carboxylic acids is 3. The summed E-state index contributed by atoms with van der Waals surface area (Å²) in [6, 6.07) is 21.3. The standard InChI is InChI=1S/C33H39O9S.C4H10O3S/c1-31(2,3)40-28(34)37-22-10-16-25(17-11-22)43(26-18-12-23(13-19-26)38-29(35)41-32(4,5)6)27-20-14-24(15-21-27)39-30(36)42-33(7,8)9;1-2-3-4-8(5,6)7/h10-21H,1-9H3;2-4H2,1H3,(H,5,6,7)/q+1;/p-1. The van der Waals surface area contributed by atoms with Gasteiger partial charge in [0.1, 0.15) is 34.1 Å². The predicted octanol–water partition coefficient (Wildman–Crippen LogP) is 9.06. The summed E-state index contributed by atoms with van der Waals surface area (Å²) in [7, 11) is -4.58. The van der Waals surface area contributed by atoms with Gasteiger partial charge in [-0.25, -0.2) is 22.8 Å². The van der Waals surface area contributed by atoms with Crippen molar-refractivity contribution in [3.63, 3.8) is 0 Å². The average molecular weight is 749 g/mol. The minimum atomic E-state index is -3.94. The fourth-order valence-electron chi connectivity index (χ4n) is 3.76. The van der Waals surface area contributed by atoms with Crippen molar-refractivity contribution in [2.24, 2.45) is 0 Å². The summed E-state index contributed by atoms with van der Waals surface area (Å²) in [5.74, 6) is 0.792. The number of ether oxygens (including phenoxy) is 6. The number of carbonyl (C=O) groups is 3. The third kappa shape index (κ3) is 18.0. The lowest BCUT2D eigenvalue weighted by Gasteiger charge is -2.19. The van der Waals surface area contributed by atoms with Gasteiger partial charge in [-0.15, -0.1) is 0 Å². The van der Waals surface area contributed by atoms with Crippen molar-refractivity contribution < 1.29 is 55.8 Å². The lowest BCUT2D eigenvalue weighted by atomic mass is 10.2. The molecule has 280 valence electrons. The molecule has 0 N–H and O–H groups in total. The van der Waals surface area contributed by atoms with E-state index in [1.54, 1.807) is 98.7 Å². The maximum absolute atomic E-state index is 12.1. The molecule has 0 saturated heterocycles. The number of rotatable bonds is 9. The highest BCUT2D eigenvalue weighted by molar-refractivity contribution is 7.97. The summed E-state index contributed by atoms with van der Waals surface area (Å²) in [6.07, 6.45) is -1.14. The Balaban J connectivity index is 0.00000100. The van der Waals surface area contributed by atoms with Crippen LogP contribution in [0.1, 0.15) is 82.1 Å². The van der Waals surface area contributed by atoms with E-state index >= 15 is 0 Å². The van der Waals surface area contributed by atoms with Gasteiger partial charge in [-0.2, -0.15) is 0 Å². The van der Waals surface area contributed by atoms with Gasteiger partial charge in [0, 0.05) is 5.75 Å². The Morgan fingerprint density at radius 3 is 0.980 bits per heavy atom. The van der Waals surface area contributed by atoms with Crippen LogP contribution in [0.5, 0.6) is 17.2 Å². The van der Waals surface area contributed by atoms with Crippen LogP contribution in [0, 0.1) is 0 Å². The van der Waals surface area contributed by atoms with E-state index in [1.165, 1.54) is 0 Å². The second-order valence-corrected chi connectivity index (χ2v) is 17.6. The van der Waals surface area contributed by atoms with Gasteiger partial charge in [-0.3, -0.25) is 0 Å². The fourth-order valence-corrected chi connectivity index (χ4v) is 6.45. The van der Waals surface area contributed by atoms with Crippen LogP contribution in [0.15, 0.2) is 87.5 Å². The zero-order chi connectivity index (χ0) is 38.6. The number of unbranched alkanes of at least 4 members (excludes halogenated alkanes) is 1. The monoisotopic (exact) mass is 748 g/mol. The van der Waals surface area contributed by atoms with Crippen LogP contribution >= 0.6 is 0 Å². The molecule has 0 unspecified atom stereocenters. The molecule has 0 heterocycles. The first-order valence-electron chi connectivity index (χ1n) is 16.1.